The van der Waals surface area contributed by atoms with Crippen molar-refractivity contribution < 1.29 is 37.4 Å². The summed E-state index contributed by atoms with van der Waals surface area (Å²) in [5.41, 5.74) is -0.487. The van der Waals surface area contributed by atoms with Crippen LogP contribution < -0.4 is 21.3 Å². The molecule has 236 valence electrons. The minimum Gasteiger partial charge on any atom is -0.444 e. The molecule has 3 rings (SSSR count). The molecule has 1 aliphatic rings. The van der Waals surface area contributed by atoms with Gasteiger partial charge in [-0.2, -0.15) is 13.2 Å². The molecular formula is C31H41F3N4O5. The van der Waals surface area contributed by atoms with Crippen molar-refractivity contribution in [1.82, 2.24) is 16.0 Å². The van der Waals surface area contributed by atoms with E-state index in [9.17, 15) is 32.7 Å². The van der Waals surface area contributed by atoms with E-state index in [0.717, 1.165) is 41.7 Å². The van der Waals surface area contributed by atoms with E-state index in [1.54, 1.807) is 20.8 Å². The fraction of sp³-hybridized carbons (Fsp3) is 0.516. The molecule has 1 saturated carbocycles. The van der Waals surface area contributed by atoms with Crippen molar-refractivity contribution in [2.24, 2.45) is 0 Å². The summed E-state index contributed by atoms with van der Waals surface area (Å²) in [7, 11) is 0. The molecule has 3 amide bonds. The first-order chi connectivity index (χ1) is 20.0. The van der Waals surface area contributed by atoms with Crippen molar-refractivity contribution in [3.05, 3.63) is 64.2 Å². The van der Waals surface area contributed by atoms with Crippen molar-refractivity contribution in [2.75, 3.05) is 18.4 Å². The van der Waals surface area contributed by atoms with Gasteiger partial charge in [0.1, 0.15) is 5.60 Å². The van der Waals surface area contributed by atoms with E-state index < -0.39 is 59.0 Å². The zero-order chi connectivity index (χ0) is 32.0. The van der Waals surface area contributed by atoms with Gasteiger partial charge in [-0.05, 0) is 76.8 Å². The van der Waals surface area contributed by atoms with Gasteiger partial charge in [0.15, 0.2) is 0 Å². The summed E-state index contributed by atoms with van der Waals surface area (Å²) in [6.45, 7) is 9.07. The monoisotopic (exact) mass is 606 g/mol. The minimum absolute atomic E-state index is 0.214. The Bertz CT molecular complexity index is 1320. The van der Waals surface area contributed by atoms with Gasteiger partial charge in [0, 0.05) is 13.1 Å². The van der Waals surface area contributed by atoms with Gasteiger partial charge in [0.25, 0.3) is 5.91 Å². The first kappa shape index (κ1) is 33.9. The number of amides is 3. The molecule has 2 aromatic rings. The largest absolute Gasteiger partial charge is 0.444 e. The molecule has 0 aromatic heterocycles. The average molecular weight is 607 g/mol. The van der Waals surface area contributed by atoms with E-state index in [-0.39, 0.29) is 12.2 Å². The number of hydrogen-bond donors (Lipinski definition) is 5. The number of aryl methyl sites for hydroxylation is 2. The van der Waals surface area contributed by atoms with E-state index in [2.05, 4.69) is 27.3 Å². The second-order valence-corrected chi connectivity index (χ2v) is 12.1. The fourth-order valence-corrected chi connectivity index (χ4v) is 5.04. The van der Waals surface area contributed by atoms with Crippen LogP contribution in [0.2, 0.25) is 0 Å². The van der Waals surface area contributed by atoms with Crippen LogP contribution in [0.1, 0.15) is 79.1 Å². The van der Waals surface area contributed by atoms with Crippen molar-refractivity contribution in [3.63, 3.8) is 0 Å². The molecule has 5 N–H and O–H groups in total. The first-order valence-corrected chi connectivity index (χ1v) is 14.2. The van der Waals surface area contributed by atoms with Gasteiger partial charge in [-0.25, -0.2) is 4.79 Å². The van der Waals surface area contributed by atoms with Crippen LogP contribution in [-0.4, -0.2) is 53.3 Å². The van der Waals surface area contributed by atoms with Crippen LogP contribution in [-0.2, 0) is 22.3 Å². The van der Waals surface area contributed by atoms with Gasteiger partial charge in [-0.15, -0.1) is 0 Å². The average Bonchev–Trinajstić information content (AvgIpc) is 3.33. The maximum Gasteiger partial charge on any atom is 0.416 e. The summed E-state index contributed by atoms with van der Waals surface area (Å²) in [5.74, 6) is -1.63. The lowest BCUT2D eigenvalue weighted by Gasteiger charge is -2.33. The molecule has 0 bridgehead atoms. The summed E-state index contributed by atoms with van der Waals surface area (Å²) in [4.78, 5) is 38.2. The molecule has 2 aromatic carbocycles. The molecule has 9 nitrogen and oxygen atoms in total. The highest BCUT2D eigenvalue weighted by Gasteiger charge is 2.40. The Morgan fingerprint density at radius 3 is 2.30 bits per heavy atom. The number of aliphatic hydroxyl groups is 1. The molecule has 0 saturated heterocycles. The fourth-order valence-electron chi connectivity index (χ4n) is 5.04. The normalized spacial score (nSPS) is 15.5. The van der Waals surface area contributed by atoms with Crippen LogP contribution in [0.25, 0.3) is 0 Å². The number of halogens is 3. The number of hydrogen-bond acceptors (Lipinski definition) is 6. The molecule has 1 fully saturated rings. The summed E-state index contributed by atoms with van der Waals surface area (Å²) in [5, 5.41) is 22.0. The molecule has 0 spiro atoms. The Labute approximate surface area is 250 Å². The van der Waals surface area contributed by atoms with Gasteiger partial charge in [0.2, 0.25) is 5.91 Å². The summed E-state index contributed by atoms with van der Waals surface area (Å²) < 4.78 is 45.4. The molecule has 1 unspecified atom stereocenters. The Hall–Kier alpha value is -3.64. The number of rotatable bonds is 10. The maximum atomic E-state index is 13.4. The Balaban J connectivity index is 1.69. The highest BCUT2D eigenvalue weighted by molar-refractivity contribution is 6.04. The lowest BCUT2D eigenvalue weighted by molar-refractivity contribution is -0.137. The predicted octanol–water partition coefficient (Wildman–Crippen LogP) is 4.98. The molecule has 0 aliphatic heterocycles. The Kier molecular flexibility index (Phi) is 10.8. The lowest BCUT2D eigenvalue weighted by atomic mass is 9.92. The number of carbonyl (C=O) groups is 3. The number of benzene rings is 2. The zero-order valence-corrected chi connectivity index (χ0v) is 25.2. The van der Waals surface area contributed by atoms with Gasteiger partial charge in [0.05, 0.1) is 35.0 Å². The highest BCUT2D eigenvalue weighted by atomic mass is 19.4. The Morgan fingerprint density at radius 2 is 1.70 bits per heavy atom. The number of alkyl halides is 3. The number of carbonyl (C=O) groups excluding carboxylic acids is 3. The van der Waals surface area contributed by atoms with E-state index in [0.29, 0.717) is 25.5 Å². The standard InChI is InChI=1S/C31H41F3N4O5/c1-19-8-9-21(20(2)14-19)16-35-17-25(30(42)12-6-7-13-30)38-26(39)18-36-27(40)23-15-22(31(32,33)34)10-11-24(23)37-28(41)43-29(3,4)5/h8-11,14-15,25,35,42H,6-7,12-13,16-18H2,1-5H3,(H,36,40)(H,37,41)(H,38,39). The van der Waals surface area contributed by atoms with E-state index >= 15 is 0 Å². The van der Waals surface area contributed by atoms with Crippen molar-refractivity contribution in [3.8, 4) is 0 Å². The van der Waals surface area contributed by atoms with Gasteiger partial charge in [-0.1, -0.05) is 36.6 Å². The number of ether oxygens (including phenoxy) is 1. The quantitative estimate of drug-likeness (QED) is 0.260. The third kappa shape index (κ3) is 9.96. The van der Waals surface area contributed by atoms with Crippen LogP contribution in [0, 0.1) is 13.8 Å². The smallest absolute Gasteiger partial charge is 0.416 e. The van der Waals surface area contributed by atoms with Gasteiger partial charge in [-0.3, -0.25) is 14.9 Å². The van der Waals surface area contributed by atoms with Gasteiger partial charge >= 0.3 is 12.3 Å². The van der Waals surface area contributed by atoms with Crippen LogP contribution in [0.5, 0.6) is 0 Å². The molecule has 0 heterocycles. The SMILES string of the molecule is Cc1ccc(CNCC(NC(=O)CNC(=O)c2cc(C(F)(F)F)ccc2NC(=O)OC(C)(C)C)C2(O)CCCC2)c(C)c1. The van der Waals surface area contributed by atoms with Crippen molar-refractivity contribution in [2.45, 2.75) is 90.3 Å². The van der Waals surface area contributed by atoms with E-state index in [4.69, 9.17) is 4.74 Å². The number of anilines is 1. The molecule has 1 aliphatic carbocycles. The lowest BCUT2D eigenvalue weighted by Crippen LogP contribution is -2.57. The van der Waals surface area contributed by atoms with E-state index in [1.165, 1.54) is 0 Å². The molecule has 1 atom stereocenters. The van der Waals surface area contributed by atoms with Crippen LogP contribution in [0.4, 0.5) is 23.7 Å². The van der Waals surface area contributed by atoms with Gasteiger partial charge < -0.3 is 25.8 Å². The first-order valence-electron chi connectivity index (χ1n) is 14.2. The van der Waals surface area contributed by atoms with Crippen molar-refractivity contribution in [1.29, 1.82) is 0 Å². The van der Waals surface area contributed by atoms with Crippen LogP contribution in [0.15, 0.2) is 36.4 Å². The molecule has 0 radical (unpaired) electrons. The van der Waals surface area contributed by atoms with Crippen molar-refractivity contribution >= 4 is 23.6 Å². The third-order valence-corrected chi connectivity index (χ3v) is 7.25. The molecular weight excluding hydrogens is 565 g/mol. The third-order valence-electron chi connectivity index (χ3n) is 7.25. The van der Waals surface area contributed by atoms with Crippen LogP contribution in [0.3, 0.4) is 0 Å². The maximum absolute atomic E-state index is 13.4. The number of nitrogens with one attached hydrogen (secondary N) is 4. The van der Waals surface area contributed by atoms with E-state index in [1.807, 2.05) is 26.0 Å². The molecule has 12 heteroatoms. The zero-order valence-electron chi connectivity index (χ0n) is 25.2. The summed E-state index contributed by atoms with van der Waals surface area (Å²) in [6, 6.07) is 7.72. The van der Waals surface area contributed by atoms with Crippen LogP contribution >= 0.6 is 0 Å². The highest BCUT2D eigenvalue weighted by Crippen LogP contribution is 2.33. The summed E-state index contributed by atoms with van der Waals surface area (Å²) >= 11 is 0. The second-order valence-electron chi connectivity index (χ2n) is 12.1. The predicted molar refractivity (Wildman–Crippen MR) is 157 cm³/mol. The molecule has 43 heavy (non-hydrogen) atoms. The Morgan fingerprint density at radius 1 is 1.02 bits per heavy atom. The summed E-state index contributed by atoms with van der Waals surface area (Å²) in [6.07, 6.45) is -3.09. The minimum atomic E-state index is -4.75. The topological polar surface area (TPSA) is 129 Å². The second kappa shape index (κ2) is 13.8.